The van der Waals surface area contributed by atoms with Crippen LogP contribution in [0.25, 0.3) is 0 Å². The van der Waals surface area contributed by atoms with Crippen LogP contribution in [-0.2, 0) is 37.3 Å². The second-order valence-electron chi connectivity index (χ2n) is 9.64. The summed E-state index contributed by atoms with van der Waals surface area (Å²) < 4.78 is 38.2. The van der Waals surface area contributed by atoms with E-state index in [0.29, 0.717) is 24.0 Å². The van der Waals surface area contributed by atoms with Gasteiger partial charge < -0.3 is 24.8 Å². The van der Waals surface area contributed by atoms with E-state index in [9.17, 15) is 23.1 Å². The normalized spacial score (nSPS) is 14.6. The van der Waals surface area contributed by atoms with Crippen LogP contribution in [-0.4, -0.2) is 86.6 Å². The van der Waals surface area contributed by atoms with Crippen LogP contribution in [0.1, 0.15) is 11.1 Å². The maximum atomic E-state index is 13.7. The number of rotatable bonds is 13. The highest BCUT2D eigenvalue weighted by Crippen LogP contribution is 2.22. The number of amides is 2. The zero-order valence-electron chi connectivity index (χ0n) is 23.0. The maximum absolute atomic E-state index is 13.7. The number of nitrogens with zero attached hydrogens (tertiary/aromatic N) is 2. The fraction of sp³-hybridized carbons (Fsp3) is 0.333. The lowest BCUT2D eigenvalue weighted by Crippen LogP contribution is -2.52. The number of carbonyl (C=O) groups is 2. The minimum atomic E-state index is -3.67. The van der Waals surface area contributed by atoms with E-state index in [-0.39, 0.29) is 50.7 Å². The Kier molecular flexibility index (Phi) is 11.3. The molecule has 0 aromatic heterocycles. The summed E-state index contributed by atoms with van der Waals surface area (Å²) in [5.74, 6) is -0.553. The van der Waals surface area contributed by atoms with Crippen molar-refractivity contribution in [3.05, 3.63) is 95.0 Å². The Labute approximate surface area is 250 Å². The van der Waals surface area contributed by atoms with Gasteiger partial charge in [0.25, 0.3) is 5.91 Å². The van der Waals surface area contributed by atoms with Crippen molar-refractivity contribution in [3.63, 3.8) is 0 Å². The molecule has 3 aromatic carbocycles. The number of hydrogen-bond donors (Lipinski definition) is 2. The molecule has 10 nitrogen and oxygen atoms in total. The van der Waals surface area contributed by atoms with Gasteiger partial charge in [-0.05, 0) is 47.5 Å². The quantitative estimate of drug-likeness (QED) is 0.303. The third-order valence-electron chi connectivity index (χ3n) is 6.74. The first-order chi connectivity index (χ1) is 20.3. The molecule has 224 valence electrons. The summed E-state index contributed by atoms with van der Waals surface area (Å²) in [5.41, 5.74) is 1.62. The van der Waals surface area contributed by atoms with E-state index in [1.165, 1.54) is 33.5 Å². The molecule has 2 N–H and O–H groups in total. The number of ether oxygens (including phenoxy) is 2. The second kappa shape index (κ2) is 15.1. The Morgan fingerprint density at radius 1 is 0.976 bits per heavy atom. The molecule has 1 saturated heterocycles. The highest BCUT2D eigenvalue weighted by molar-refractivity contribution is 7.89. The van der Waals surface area contributed by atoms with Crippen LogP contribution in [0.4, 0.5) is 0 Å². The fourth-order valence-corrected chi connectivity index (χ4v) is 6.04. The van der Waals surface area contributed by atoms with Crippen LogP contribution < -0.4 is 10.1 Å². The van der Waals surface area contributed by atoms with Crippen LogP contribution in [0, 0.1) is 0 Å². The monoisotopic (exact) mass is 615 g/mol. The van der Waals surface area contributed by atoms with Gasteiger partial charge in [0.15, 0.2) is 6.61 Å². The Bertz CT molecular complexity index is 1420. The van der Waals surface area contributed by atoms with E-state index in [1.54, 1.807) is 24.3 Å². The van der Waals surface area contributed by atoms with Gasteiger partial charge in [0, 0.05) is 37.6 Å². The van der Waals surface area contributed by atoms with Gasteiger partial charge in [0.2, 0.25) is 15.9 Å². The third-order valence-corrected chi connectivity index (χ3v) is 8.91. The molecule has 0 bridgehead atoms. The average Bonchev–Trinajstić information content (AvgIpc) is 3.02. The summed E-state index contributed by atoms with van der Waals surface area (Å²) in [6.07, 6.45) is 0.242. The number of halogens is 1. The SMILES string of the molecule is O=C(NCCO)[C@@H](Cc1ccccc1)N(Cc1ccc(Cl)cc1)C(=O)COc1ccc(S(=O)(=O)N2CCOCC2)cc1. The second-order valence-corrected chi connectivity index (χ2v) is 12.0. The number of morpholine rings is 1. The highest BCUT2D eigenvalue weighted by atomic mass is 35.5. The van der Waals surface area contributed by atoms with Gasteiger partial charge in [-0.3, -0.25) is 9.59 Å². The number of sulfonamides is 1. The molecule has 1 aliphatic heterocycles. The highest BCUT2D eigenvalue weighted by Gasteiger charge is 2.31. The van der Waals surface area contributed by atoms with Crippen molar-refractivity contribution < 1.29 is 32.6 Å². The largest absolute Gasteiger partial charge is 0.484 e. The molecule has 1 heterocycles. The lowest BCUT2D eigenvalue weighted by atomic mass is 10.0. The Balaban J connectivity index is 1.53. The molecule has 42 heavy (non-hydrogen) atoms. The third kappa shape index (κ3) is 8.52. The van der Waals surface area contributed by atoms with Crippen molar-refractivity contribution in [2.45, 2.75) is 23.9 Å². The van der Waals surface area contributed by atoms with Crippen molar-refractivity contribution in [1.82, 2.24) is 14.5 Å². The number of carbonyl (C=O) groups excluding carboxylic acids is 2. The standard InChI is InChI=1S/C30H34ClN3O7S/c31-25-8-6-24(7-9-25)21-34(28(30(37)32-14-17-35)20-23-4-2-1-3-5-23)29(36)22-41-26-10-12-27(13-11-26)42(38,39)33-15-18-40-19-16-33/h1-13,28,35H,14-22H2,(H,32,37)/t28-/m1/s1. The lowest BCUT2D eigenvalue weighted by Gasteiger charge is -2.31. The van der Waals surface area contributed by atoms with Crippen LogP contribution in [0.2, 0.25) is 5.02 Å². The number of nitrogens with one attached hydrogen (secondary N) is 1. The first-order valence-electron chi connectivity index (χ1n) is 13.5. The van der Waals surface area contributed by atoms with Crippen molar-refractivity contribution >= 4 is 33.4 Å². The van der Waals surface area contributed by atoms with Crippen molar-refractivity contribution in [2.24, 2.45) is 0 Å². The summed E-state index contributed by atoms with van der Waals surface area (Å²) in [6, 6.07) is 21.3. The molecular formula is C30H34ClN3O7S. The topological polar surface area (TPSA) is 125 Å². The van der Waals surface area contributed by atoms with E-state index in [1.807, 2.05) is 30.3 Å². The number of benzene rings is 3. The van der Waals surface area contributed by atoms with Crippen LogP contribution in [0.15, 0.2) is 83.8 Å². The van der Waals surface area contributed by atoms with Gasteiger partial charge in [-0.25, -0.2) is 8.42 Å². The molecule has 0 saturated carbocycles. The summed E-state index contributed by atoms with van der Waals surface area (Å²) in [4.78, 5) is 28.5. The van der Waals surface area contributed by atoms with Crippen molar-refractivity contribution in [3.8, 4) is 5.75 Å². The van der Waals surface area contributed by atoms with E-state index in [2.05, 4.69) is 5.32 Å². The molecule has 4 rings (SSSR count). The molecule has 0 unspecified atom stereocenters. The molecule has 3 aromatic rings. The van der Waals surface area contributed by atoms with E-state index in [0.717, 1.165) is 11.1 Å². The molecule has 2 amide bonds. The predicted octanol–water partition coefficient (Wildman–Crippen LogP) is 2.49. The first-order valence-corrected chi connectivity index (χ1v) is 15.4. The molecule has 0 aliphatic carbocycles. The van der Waals surface area contributed by atoms with E-state index in [4.69, 9.17) is 21.1 Å². The van der Waals surface area contributed by atoms with Crippen LogP contribution >= 0.6 is 11.6 Å². The summed E-state index contributed by atoms with van der Waals surface area (Å²) in [6.45, 7) is 0.792. The van der Waals surface area contributed by atoms with Crippen LogP contribution in [0.3, 0.4) is 0 Å². The summed E-state index contributed by atoms with van der Waals surface area (Å²) in [5, 5.41) is 12.5. The minimum absolute atomic E-state index is 0.0449. The number of hydrogen-bond acceptors (Lipinski definition) is 7. The molecule has 0 radical (unpaired) electrons. The Morgan fingerprint density at radius 2 is 1.64 bits per heavy atom. The molecule has 1 atom stereocenters. The average molecular weight is 616 g/mol. The molecule has 1 fully saturated rings. The van der Waals surface area contributed by atoms with Crippen molar-refractivity contribution in [1.29, 1.82) is 0 Å². The minimum Gasteiger partial charge on any atom is -0.484 e. The summed E-state index contributed by atoms with van der Waals surface area (Å²) >= 11 is 6.05. The van der Waals surface area contributed by atoms with Crippen molar-refractivity contribution in [2.75, 3.05) is 46.1 Å². The lowest BCUT2D eigenvalue weighted by molar-refractivity contribution is -0.142. The summed E-state index contributed by atoms with van der Waals surface area (Å²) in [7, 11) is -3.67. The maximum Gasteiger partial charge on any atom is 0.261 e. The molecule has 1 aliphatic rings. The molecular weight excluding hydrogens is 582 g/mol. The van der Waals surface area contributed by atoms with E-state index >= 15 is 0 Å². The Hall–Kier alpha value is -3.48. The first kappa shape index (κ1) is 31.5. The number of aliphatic hydroxyl groups excluding tert-OH is 1. The smallest absolute Gasteiger partial charge is 0.261 e. The zero-order valence-corrected chi connectivity index (χ0v) is 24.6. The number of aliphatic hydroxyl groups is 1. The van der Waals surface area contributed by atoms with Crippen LogP contribution in [0.5, 0.6) is 5.75 Å². The van der Waals surface area contributed by atoms with Gasteiger partial charge in [0.1, 0.15) is 11.8 Å². The zero-order chi connectivity index (χ0) is 30.0. The van der Waals surface area contributed by atoms with E-state index < -0.39 is 27.9 Å². The Morgan fingerprint density at radius 3 is 2.29 bits per heavy atom. The van der Waals surface area contributed by atoms with Gasteiger partial charge >= 0.3 is 0 Å². The van der Waals surface area contributed by atoms with Gasteiger partial charge in [-0.1, -0.05) is 54.1 Å². The van der Waals surface area contributed by atoms with Gasteiger partial charge in [0.05, 0.1) is 24.7 Å². The predicted molar refractivity (Wildman–Crippen MR) is 158 cm³/mol. The van der Waals surface area contributed by atoms with Gasteiger partial charge in [-0.15, -0.1) is 0 Å². The molecule has 12 heteroatoms. The molecule has 0 spiro atoms. The van der Waals surface area contributed by atoms with Gasteiger partial charge in [-0.2, -0.15) is 4.31 Å². The fourth-order valence-electron chi connectivity index (χ4n) is 4.51.